The predicted octanol–water partition coefficient (Wildman–Crippen LogP) is 2.91. The first-order valence-corrected chi connectivity index (χ1v) is 6.98. The number of anilines is 2. The number of hydrogen-bond acceptors (Lipinski definition) is 4. The van der Waals surface area contributed by atoms with Gasteiger partial charge in [0, 0.05) is 36.7 Å². The Bertz CT molecular complexity index is 796. The minimum atomic E-state index is 0.626. The lowest BCUT2D eigenvalue weighted by atomic mass is 10.2. The van der Waals surface area contributed by atoms with Crippen LogP contribution in [0.4, 0.5) is 11.5 Å². The smallest absolute Gasteiger partial charge is 0.154 e. The van der Waals surface area contributed by atoms with Crippen LogP contribution in [-0.4, -0.2) is 21.6 Å². The topological polar surface area (TPSA) is 59.5 Å². The number of nitrogen functional groups attached to an aromatic ring is 1. The van der Waals surface area contributed by atoms with Crippen molar-refractivity contribution < 1.29 is 0 Å². The van der Waals surface area contributed by atoms with Crippen molar-refractivity contribution >= 4 is 28.6 Å². The molecular formula is C15H16ClN5. The van der Waals surface area contributed by atoms with E-state index in [1.165, 1.54) is 0 Å². The SMILES string of the molecule is Cc1cc2c(N(C)Cc3cc(N)ccc3Cl)nccn2n1. The van der Waals surface area contributed by atoms with Gasteiger partial charge in [0.2, 0.25) is 0 Å². The summed E-state index contributed by atoms with van der Waals surface area (Å²) in [5, 5.41) is 5.10. The maximum atomic E-state index is 6.23. The van der Waals surface area contributed by atoms with Crippen LogP contribution in [0.3, 0.4) is 0 Å². The molecule has 2 N–H and O–H groups in total. The first kappa shape index (κ1) is 13.7. The summed E-state index contributed by atoms with van der Waals surface area (Å²) in [4.78, 5) is 6.50. The number of hydrogen-bond donors (Lipinski definition) is 1. The third kappa shape index (κ3) is 2.64. The summed E-state index contributed by atoms with van der Waals surface area (Å²) in [5.74, 6) is 0.858. The normalized spacial score (nSPS) is 11.0. The average molecular weight is 302 g/mol. The molecule has 0 aliphatic carbocycles. The van der Waals surface area contributed by atoms with E-state index >= 15 is 0 Å². The monoisotopic (exact) mass is 301 g/mol. The van der Waals surface area contributed by atoms with E-state index in [4.69, 9.17) is 17.3 Å². The second-order valence-electron chi connectivity index (χ2n) is 5.07. The molecule has 0 saturated heterocycles. The van der Waals surface area contributed by atoms with Crippen LogP contribution in [0.1, 0.15) is 11.3 Å². The van der Waals surface area contributed by atoms with Crippen LogP contribution in [-0.2, 0) is 6.54 Å². The van der Waals surface area contributed by atoms with Gasteiger partial charge in [0.25, 0.3) is 0 Å². The maximum absolute atomic E-state index is 6.23. The third-order valence-electron chi connectivity index (χ3n) is 3.33. The Morgan fingerprint density at radius 2 is 2.14 bits per heavy atom. The van der Waals surface area contributed by atoms with Crippen LogP contribution in [0, 0.1) is 6.92 Å². The molecule has 2 aromatic heterocycles. The Kier molecular flexibility index (Phi) is 3.43. The number of aryl methyl sites for hydroxylation is 1. The maximum Gasteiger partial charge on any atom is 0.154 e. The Morgan fingerprint density at radius 1 is 1.33 bits per heavy atom. The number of fused-ring (bicyclic) bond motifs is 1. The summed E-state index contributed by atoms with van der Waals surface area (Å²) in [6, 6.07) is 7.52. The number of nitrogens with zero attached hydrogens (tertiary/aromatic N) is 4. The van der Waals surface area contributed by atoms with Crippen molar-refractivity contribution in [3.8, 4) is 0 Å². The zero-order chi connectivity index (χ0) is 15.0. The van der Waals surface area contributed by atoms with Crippen molar-refractivity contribution in [1.29, 1.82) is 0 Å². The molecule has 2 heterocycles. The van der Waals surface area contributed by atoms with Crippen LogP contribution < -0.4 is 10.6 Å². The van der Waals surface area contributed by atoms with Crippen LogP contribution in [0.2, 0.25) is 5.02 Å². The Balaban J connectivity index is 1.97. The molecule has 1 aromatic carbocycles. The Hall–Kier alpha value is -2.27. The summed E-state index contributed by atoms with van der Waals surface area (Å²) >= 11 is 6.23. The standard InChI is InChI=1S/C15H16ClN5/c1-10-7-14-15(18-5-6-21(14)19-10)20(2)9-11-8-12(17)3-4-13(11)16/h3-8H,9,17H2,1-2H3. The number of rotatable bonds is 3. The molecule has 3 aromatic rings. The lowest BCUT2D eigenvalue weighted by Gasteiger charge is -2.19. The number of halogens is 1. The molecule has 0 fully saturated rings. The quantitative estimate of drug-likeness (QED) is 0.756. The van der Waals surface area contributed by atoms with Crippen LogP contribution in [0.5, 0.6) is 0 Å². The van der Waals surface area contributed by atoms with Gasteiger partial charge in [-0.1, -0.05) is 11.6 Å². The lowest BCUT2D eigenvalue weighted by Crippen LogP contribution is -2.19. The highest BCUT2D eigenvalue weighted by atomic mass is 35.5. The van der Waals surface area contributed by atoms with Crippen molar-refractivity contribution in [2.75, 3.05) is 17.7 Å². The van der Waals surface area contributed by atoms with Gasteiger partial charge in [0.1, 0.15) is 5.52 Å². The minimum Gasteiger partial charge on any atom is -0.399 e. The van der Waals surface area contributed by atoms with Crippen LogP contribution in [0.25, 0.3) is 5.52 Å². The van der Waals surface area contributed by atoms with E-state index in [-0.39, 0.29) is 0 Å². The molecule has 0 bridgehead atoms. The van der Waals surface area contributed by atoms with Gasteiger partial charge in [0.15, 0.2) is 5.82 Å². The minimum absolute atomic E-state index is 0.626. The van der Waals surface area contributed by atoms with Crippen molar-refractivity contribution in [2.45, 2.75) is 13.5 Å². The van der Waals surface area contributed by atoms with E-state index in [9.17, 15) is 0 Å². The van der Waals surface area contributed by atoms with Crippen LogP contribution >= 0.6 is 11.6 Å². The van der Waals surface area contributed by atoms with E-state index in [1.807, 2.05) is 47.8 Å². The fourth-order valence-corrected chi connectivity index (χ4v) is 2.55. The average Bonchev–Trinajstić information content (AvgIpc) is 2.82. The number of aromatic nitrogens is 3. The molecule has 0 aliphatic rings. The molecular weight excluding hydrogens is 286 g/mol. The molecule has 0 radical (unpaired) electrons. The predicted molar refractivity (Wildman–Crippen MR) is 85.7 cm³/mol. The third-order valence-corrected chi connectivity index (χ3v) is 3.70. The van der Waals surface area contributed by atoms with Gasteiger partial charge in [-0.2, -0.15) is 5.10 Å². The molecule has 3 rings (SSSR count). The first-order chi connectivity index (χ1) is 10.0. The molecule has 21 heavy (non-hydrogen) atoms. The zero-order valence-corrected chi connectivity index (χ0v) is 12.7. The van der Waals surface area contributed by atoms with Crippen molar-refractivity contribution in [3.05, 3.63) is 52.9 Å². The molecule has 0 amide bonds. The van der Waals surface area contributed by atoms with E-state index in [0.717, 1.165) is 22.6 Å². The van der Waals surface area contributed by atoms with E-state index in [0.29, 0.717) is 17.3 Å². The van der Waals surface area contributed by atoms with Gasteiger partial charge < -0.3 is 10.6 Å². The summed E-state index contributed by atoms with van der Waals surface area (Å²) in [6.07, 6.45) is 3.58. The lowest BCUT2D eigenvalue weighted by molar-refractivity contribution is 0.872. The summed E-state index contributed by atoms with van der Waals surface area (Å²) in [7, 11) is 1.98. The molecule has 108 valence electrons. The number of benzene rings is 1. The highest BCUT2D eigenvalue weighted by molar-refractivity contribution is 6.31. The Labute approximate surface area is 128 Å². The van der Waals surface area contributed by atoms with E-state index in [1.54, 1.807) is 12.3 Å². The molecule has 6 heteroatoms. The molecule has 0 aliphatic heterocycles. The molecule has 0 unspecified atom stereocenters. The second-order valence-corrected chi connectivity index (χ2v) is 5.48. The highest BCUT2D eigenvalue weighted by Crippen LogP contribution is 2.24. The summed E-state index contributed by atoms with van der Waals surface area (Å²) in [5.41, 5.74) is 9.43. The van der Waals surface area contributed by atoms with Crippen LogP contribution in [0.15, 0.2) is 36.7 Å². The van der Waals surface area contributed by atoms with Gasteiger partial charge in [-0.05, 0) is 36.8 Å². The van der Waals surface area contributed by atoms with Crippen molar-refractivity contribution in [1.82, 2.24) is 14.6 Å². The summed E-state index contributed by atoms with van der Waals surface area (Å²) < 4.78 is 1.83. The largest absolute Gasteiger partial charge is 0.399 e. The van der Waals surface area contributed by atoms with Gasteiger partial charge >= 0.3 is 0 Å². The second kappa shape index (κ2) is 5.26. The fourth-order valence-electron chi connectivity index (χ4n) is 2.37. The van der Waals surface area contributed by atoms with Gasteiger partial charge in [-0.15, -0.1) is 0 Å². The van der Waals surface area contributed by atoms with E-state index < -0.39 is 0 Å². The van der Waals surface area contributed by atoms with Gasteiger partial charge in [-0.3, -0.25) is 0 Å². The van der Waals surface area contributed by atoms with Crippen molar-refractivity contribution in [3.63, 3.8) is 0 Å². The molecule has 0 atom stereocenters. The first-order valence-electron chi connectivity index (χ1n) is 6.60. The molecule has 0 spiro atoms. The van der Waals surface area contributed by atoms with Gasteiger partial charge in [-0.25, -0.2) is 9.50 Å². The zero-order valence-electron chi connectivity index (χ0n) is 11.9. The number of nitrogens with two attached hydrogens (primary N) is 1. The highest BCUT2D eigenvalue weighted by Gasteiger charge is 2.12. The fraction of sp³-hybridized carbons (Fsp3) is 0.200. The summed E-state index contributed by atoms with van der Waals surface area (Å²) in [6.45, 7) is 2.59. The molecule has 0 saturated carbocycles. The van der Waals surface area contributed by atoms with E-state index in [2.05, 4.69) is 10.1 Å². The molecule has 5 nitrogen and oxygen atoms in total. The van der Waals surface area contributed by atoms with Crippen molar-refractivity contribution in [2.24, 2.45) is 0 Å². The van der Waals surface area contributed by atoms with Gasteiger partial charge in [0.05, 0.1) is 5.69 Å². The Morgan fingerprint density at radius 3 is 2.95 bits per heavy atom.